The van der Waals surface area contributed by atoms with Crippen LogP contribution in [0.1, 0.15) is 37.0 Å². The smallest absolute Gasteiger partial charge is 0.355 e. The van der Waals surface area contributed by atoms with Crippen LogP contribution in [0.4, 0.5) is 0 Å². The maximum atomic E-state index is 12.0. The molecule has 0 aliphatic carbocycles. The predicted molar refractivity (Wildman–Crippen MR) is 79.6 cm³/mol. The van der Waals surface area contributed by atoms with Gasteiger partial charge in [-0.1, -0.05) is 6.07 Å². The zero-order chi connectivity index (χ0) is 15.6. The first-order valence-electron chi connectivity index (χ1n) is 6.31. The molecule has 0 atom stereocenters. The van der Waals surface area contributed by atoms with Gasteiger partial charge in [-0.3, -0.25) is 4.79 Å². The molecule has 1 aromatic heterocycles. The highest BCUT2D eigenvalue weighted by Gasteiger charge is 2.16. The summed E-state index contributed by atoms with van der Waals surface area (Å²) in [5.74, 6) is -0.807. The van der Waals surface area contributed by atoms with E-state index in [0.29, 0.717) is 5.75 Å². The van der Waals surface area contributed by atoms with Gasteiger partial charge < -0.3 is 9.84 Å². The molecule has 0 aliphatic heterocycles. The van der Waals surface area contributed by atoms with E-state index in [-0.39, 0.29) is 23.1 Å². The highest BCUT2D eigenvalue weighted by molar-refractivity contribution is 7.12. The number of nitrogens with zero attached hydrogens (tertiary/aromatic N) is 1. The molecule has 6 heteroatoms. The van der Waals surface area contributed by atoms with Crippen molar-refractivity contribution < 1.29 is 19.4 Å². The number of benzene rings is 1. The van der Waals surface area contributed by atoms with Gasteiger partial charge in [0.2, 0.25) is 5.78 Å². The lowest BCUT2D eigenvalue weighted by Gasteiger charge is -2.11. The Morgan fingerprint density at radius 2 is 2.00 bits per heavy atom. The Bertz CT molecular complexity index is 706. The molecular formula is C15H15NO4S. The van der Waals surface area contributed by atoms with Crippen molar-refractivity contribution >= 4 is 23.1 Å². The number of carbonyl (C=O) groups is 2. The van der Waals surface area contributed by atoms with E-state index in [0.717, 1.165) is 28.0 Å². The van der Waals surface area contributed by atoms with Gasteiger partial charge in [0.25, 0.3) is 0 Å². The van der Waals surface area contributed by atoms with Crippen LogP contribution >= 0.6 is 11.3 Å². The topological polar surface area (TPSA) is 76.5 Å². The van der Waals surface area contributed by atoms with Crippen LogP contribution in [0.15, 0.2) is 17.5 Å². The van der Waals surface area contributed by atoms with E-state index in [1.807, 2.05) is 32.9 Å². The fraction of sp³-hybridized carbons (Fsp3) is 0.267. The molecule has 0 unspecified atom stereocenters. The van der Waals surface area contributed by atoms with E-state index in [1.54, 1.807) is 0 Å². The summed E-state index contributed by atoms with van der Waals surface area (Å²) in [5, 5.41) is 10.3. The molecule has 1 aromatic carbocycles. The molecule has 0 aliphatic rings. The summed E-state index contributed by atoms with van der Waals surface area (Å²) in [5.41, 5.74) is 3.02. The molecule has 0 radical (unpaired) electrons. The van der Waals surface area contributed by atoms with Gasteiger partial charge in [0, 0.05) is 5.38 Å². The van der Waals surface area contributed by atoms with E-state index < -0.39 is 5.97 Å². The quantitative estimate of drug-likeness (QED) is 0.859. The number of hydrogen-bond donors (Lipinski definition) is 1. The standard InChI is InChI=1S/C15H15NO4S/c1-8-4-9(2)10(3)13(5-8)20-6-12(17)14-16-11(7-21-14)15(18)19/h4-5,7H,6H2,1-3H3,(H,18,19). The number of carbonyl (C=O) groups excluding carboxylic acids is 1. The number of thiazole rings is 1. The van der Waals surface area contributed by atoms with Gasteiger partial charge in [-0.2, -0.15) is 0 Å². The zero-order valence-corrected chi connectivity index (χ0v) is 12.8. The van der Waals surface area contributed by atoms with E-state index in [2.05, 4.69) is 4.98 Å². The first-order valence-corrected chi connectivity index (χ1v) is 7.19. The van der Waals surface area contributed by atoms with Crippen LogP contribution in [-0.4, -0.2) is 28.4 Å². The van der Waals surface area contributed by atoms with Crippen molar-refractivity contribution in [3.05, 3.63) is 44.9 Å². The normalized spacial score (nSPS) is 10.4. The van der Waals surface area contributed by atoms with Crippen molar-refractivity contribution in [2.75, 3.05) is 6.61 Å². The molecule has 0 spiro atoms. The number of carboxylic acid groups (broad SMARTS) is 1. The fourth-order valence-corrected chi connectivity index (χ4v) is 2.57. The third kappa shape index (κ3) is 3.46. The van der Waals surface area contributed by atoms with Gasteiger partial charge in [0.15, 0.2) is 17.3 Å². The minimum Gasteiger partial charge on any atom is -0.485 e. The molecular weight excluding hydrogens is 290 g/mol. The lowest BCUT2D eigenvalue weighted by molar-refractivity contribution is 0.0691. The number of aromatic nitrogens is 1. The van der Waals surface area contributed by atoms with Crippen LogP contribution in [-0.2, 0) is 0 Å². The molecule has 1 N–H and O–H groups in total. The average molecular weight is 305 g/mol. The second-order valence-electron chi connectivity index (χ2n) is 4.76. The Labute approximate surface area is 126 Å². The van der Waals surface area contributed by atoms with Crippen molar-refractivity contribution in [3.8, 4) is 5.75 Å². The molecule has 21 heavy (non-hydrogen) atoms. The highest BCUT2D eigenvalue weighted by Crippen LogP contribution is 2.23. The van der Waals surface area contributed by atoms with Crippen LogP contribution in [0.5, 0.6) is 5.75 Å². The number of Topliss-reactive ketones (excluding diaryl/α,β-unsaturated/α-hetero) is 1. The fourth-order valence-electron chi connectivity index (χ4n) is 1.86. The summed E-state index contributed by atoms with van der Waals surface area (Å²) in [6.45, 7) is 5.72. The predicted octanol–water partition coefficient (Wildman–Crippen LogP) is 3.03. The van der Waals surface area contributed by atoms with Crippen molar-refractivity contribution in [2.24, 2.45) is 0 Å². The second-order valence-corrected chi connectivity index (χ2v) is 5.62. The first-order chi connectivity index (χ1) is 9.88. The van der Waals surface area contributed by atoms with Gasteiger partial charge in [-0.05, 0) is 43.5 Å². The number of aromatic carboxylic acids is 1. The van der Waals surface area contributed by atoms with Crippen molar-refractivity contribution in [3.63, 3.8) is 0 Å². The van der Waals surface area contributed by atoms with E-state index in [9.17, 15) is 9.59 Å². The Hall–Kier alpha value is -2.21. The summed E-state index contributed by atoms with van der Waals surface area (Å²) in [4.78, 5) is 26.5. The van der Waals surface area contributed by atoms with Gasteiger partial charge in [0.05, 0.1) is 0 Å². The van der Waals surface area contributed by atoms with Crippen LogP contribution in [0.25, 0.3) is 0 Å². The molecule has 2 rings (SSSR count). The Balaban J connectivity index is 2.09. The molecule has 0 saturated carbocycles. The van der Waals surface area contributed by atoms with Crippen LogP contribution < -0.4 is 4.74 Å². The van der Waals surface area contributed by atoms with Gasteiger partial charge >= 0.3 is 5.97 Å². The number of rotatable bonds is 5. The summed E-state index contributed by atoms with van der Waals surface area (Å²) in [7, 11) is 0. The Morgan fingerprint density at radius 3 is 2.62 bits per heavy atom. The molecule has 0 saturated heterocycles. The van der Waals surface area contributed by atoms with E-state index in [1.165, 1.54) is 5.38 Å². The van der Waals surface area contributed by atoms with Gasteiger partial charge in [0.1, 0.15) is 5.75 Å². The SMILES string of the molecule is Cc1cc(C)c(C)c(OCC(=O)c2nc(C(=O)O)cs2)c1. The summed E-state index contributed by atoms with van der Waals surface area (Å²) >= 11 is 1.01. The van der Waals surface area contributed by atoms with Gasteiger partial charge in [-0.25, -0.2) is 9.78 Å². The Kier molecular flexibility index (Phi) is 4.37. The molecule has 0 bridgehead atoms. The van der Waals surface area contributed by atoms with Gasteiger partial charge in [-0.15, -0.1) is 11.3 Å². The maximum absolute atomic E-state index is 12.0. The monoisotopic (exact) mass is 305 g/mol. The summed E-state index contributed by atoms with van der Waals surface area (Å²) in [6.07, 6.45) is 0. The molecule has 0 fully saturated rings. The summed E-state index contributed by atoms with van der Waals surface area (Å²) in [6, 6.07) is 3.92. The maximum Gasteiger partial charge on any atom is 0.355 e. The third-order valence-corrected chi connectivity index (χ3v) is 3.97. The van der Waals surface area contributed by atoms with Crippen molar-refractivity contribution in [2.45, 2.75) is 20.8 Å². The van der Waals surface area contributed by atoms with E-state index >= 15 is 0 Å². The second kappa shape index (κ2) is 6.05. The largest absolute Gasteiger partial charge is 0.485 e. The van der Waals surface area contributed by atoms with Crippen molar-refractivity contribution in [1.82, 2.24) is 4.98 Å². The van der Waals surface area contributed by atoms with Crippen LogP contribution in [0.3, 0.4) is 0 Å². The summed E-state index contributed by atoms with van der Waals surface area (Å²) < 4.78 is 5.55. The lowest BCUT2D eigenvalue weighted by atomic mass is 10.1. The molecule has 5 nitrogen and oxygen atoms in total. The minimum absolute atomic E-state index is 0.120. The number of carboxylic acids is 1. The lowest BCUT2D eigenvalue weighted by Crippen LogP contribution is -2.12. The zero-order valence-electron chi connectivity index (χ0n) is 12.0. The Morgan fingerprint density at radius 1 is 1.29 bits per heavy atom. The number of aryl methyl sites for hydroxylation is 2. The van der Waals surface area contributed by atoms with E-state index in [4.69, 9.17) is 9.84 Å². The molecule has 1 heterocycles. The van der Waals surface area contributed by atoms with Crippen LogP contribution in [0.2, 0.25) is 0 Å². The average Bonchev–Trinajstić information content (AvgIpc) is 2.90. The number of ether oxygens (including phenoxy) is 1. The first kappa shape index (κ1) is 15.2. The number of ketones is 1. The van der Waals surface area contributed by atoms with Crippen molar-refractivity contribution in [1.29, 1.82) is 0 Å². The minimum atomic E-state index is -1.14. The molecule has 2 aromatic rings. The van der Waals surface area contributed by atoms with Crippen LogP contribution in [0, 0.1) is 20.8 Å². The highest BCUT2D eigenvalue weighted by atomic mass is 32.1. The number of hydrogen-bond acceptors (Lipinski definition) is 5. The third-order valence-electron chi connectivity index (χ3n) is 3.08. The molecule has 110 valence electrons. The molecule has 0 amide bonds.